The predicted molar refractivity (Wildman–Crippen MR) is 107 cm³/mol. The van der Waals surface area contributed by atoms with Crippen LogP contribution < -0.4 is 0 Å². The van der Waals surface area contributed by atoms with E-state index in [1.807, 2.05) is 0 Å². The number of benzene rings is 1. The van der Waals surface area contributed by atoms with E-state index in [0.29, 0.717) is 0 Å². The highest BCUT2D eigenvalue weighted by molar-refractivity contribution is 6.02. The molecule has 31 heavy (non-hydrogen) atoms. The van der Waals surface area contributed by atoms with Gasteiger partial charge in [0.1, 0.15) is 19.3 Å². The third-order valence-corrected chi connectivity index (χ3v) is 3.54. The van der Waals surface area contributed by atoms with Crippen LogP contribution in [0.3, 0.4) is 0 Å². The highest BCUT2D eigenvalue weighted by atomic mass is 16.6. The van der Waals surface area contributed by atoms with E-state index in [1.165, 1.54) is 24.3 Å². The monoisotopic (exact) mass is 436 g/mol. The average molecular weight is 436 g/mol. The first-order chi connectivity index (χ1) is 14.9. The van der Waals surface area contributed by atoms with Crippen LogP contribution in [0.4, 0.5) is 0 Å². The maximum atomic E-state index is 12.5. The van der Waals surface area contributed by atoms with Crippen LogP contribution in [0.25, 0.3) is 0 Å². The maximum Gasteiger partial charge on any atom is 0.339 e. The van der Waals surface area contributed by atoms with Gasteiger partial charge in [0, 0.05) is 12.2 Å². The molecule has 0 fully saturated rings. The molecule has 0 aliphatic rings. The quantitative estimate of drug-likeness (QED) is 0.186. The second-order valence-electron chi connectivity index (χ2n) is 5.77. The molecule has 0 aliphatic heterocycles. The van der Waals surface area contributed by atoms with Crippen molar-refractivity contribution in [3.05, 3.63) is 60.7 Å². The first-order valence-electron chi connectivity index (χ1n) is 9.16. The summed E-state index contributed by atoms with van der Waals surface area (Å²) < 4.78 is 25.5. The zero-order chi connectivity index (χ0) is 23.1. The molecule has 0 atom stereocenters. The zero-order valence-electron chi connectivity index (χ0n) is 16.8. The summed E-state index contributed by atoms with van der Waals surface area (Å²) in [6.45, 7) is 6.28. The molecule has 1 N–H and O–H groups in total. The average Bonchev–Trinajstić information content (AvgIpc) is 2.77. The summed E-state index contributed by atoms with van der Waals surface area (Å²) in [5.41, 5.74) is -0.333. The fraction of sp³-hybridized carbons (Fsp3) is 0.333. The molecular weight excluding hydrogens is 412 g/mol. The molecule has 168 valence electrons. The van der Waals surface area contributed by atoms with Gasteiger partial charge in [0.25, 0.3) is 0 Å². The van der Waals surface area contributed by atoms with Gasteiger partial charge >= 0.3 is 23.9 Å². The van der Waals surface area contributed by atoms with E-state index in [1.54, 1.807) is 0 Å². The lowest BCUT2D eigenvalue weighted by Gasteiger charge is -2.19. The highest BCUT2D eigenvalue weighted by Crippen LogP contribution is 2.12. The van der Waals surface area contributed by atoms with Crippen LogP contribution in [-0.2, 0) is 33.3 Å². The van der Waals surface area contributed by atoms with Gasteiger partial charge in [-0.05, 0) is 12.1 Å². The minimum atomic E-state index is -1.27. The van der Waals surface area contributed by atoms with Crippen molar-refractivity contribution in [2.24, 2.45) is 0 Å². The number of aromatic carboxylic acids is 1. The van der Waals surface area contributed by atoms with Crippen LogP contribution in [0.2, 0.25) is 0 Å². The maximum absolute atomic E-state index is 12.5. The first kappa shape index (κ1) is 25.5. The second-order valence-corrected chi connectivity index (χ2v) is 5.77. The summed E-state index contributed by atoms with van der Waals surface area (Å²) in [6.07, 6.45) is 1.12. The van der Waals surface area contributed by atoms with Crippen molar-refractivity contribution in [2.75, 3.05) is 39.6 Å². The van der Waals surface area contributed by atoms with Crippen LogP contribution in [0, 0.1) is 0 Å². The number of carboxylic acids is 1. The molecule has 0 aliphatic carbocycles. The summed E-state index contributed by atoms with van der Waals surface area (Å²) in [5.74, 6) is -3.35. The minimum Gasteiger partial charge on any atom is -0.478 e. The third kappa shape index (κ3) is 10.2. The van der Waals surface area contributed by atoms with Gasteiger partial charge in [-0.2, -0.15) is 0 Å². The number of hydrogen-bond donors (Lipinski definition) is 1. The van der Waals surface area contributed by atoms with Gasteiger partial charge < -0.3 is 28.8 Å². The lowest BCUT2D eigenvalue weighted by atomic mass is 10.1. The minimum absolute atomic E-state index is 0.0241. The standard InChI is InChI=1S/C21H24O10/c1-3-18(22)29-11-9-27-13-15(14-28-10-12-30-19(23)4-2)31-21(26)17-8-6-5-7-16(17)20(24)25/h3-8,15H,1-2,9-14H2,(H,24,25). The molecule has 10 nitrogen and oxygen atoms in total. The lowest BCUT2D eigenvalue weighted by Crippen LogP contribution is -2.30. The number of esters is 3. The Kier molecular flexibility index (Phi) is 11.9. The largest absolute Gasteiger partial charge is 0.478 e. The van der Waals surface area contributed by atoms with Crippen LogP contribution >= 0.6 is 0 Å². The Balaban J connectivity index is 2.63. The number of carbonyl (C=O) groups is 4. The number of carboxylic acid groups (broad SMARTS) is 1. The van der Waals surface area contributed by atoms with Crippen molar-refractivity contribution in [3.8, 4) is 0 Å². The highest BCUT2D eigenvalue weighted by Gasteiger charge is 2.21. The van der Waals surface area contributed by atoms with Crippen LogP contribution in [0.15, 0.2) is 49.6 Å². The fourth-order valence-electron chi connectivity index (χ4n) is 2.13. The molecule has 1 aromatic rings. The zero-order valence-corrected chi connectivity index (χ0v) is 16.8. The molecule has 1 aromatic carbocycles. The molecular formula is C21H24O10. The Bertz CT molecular complexity index is 756. The predicted octanol–water partition coefficient (Wildman–Crippen LogP) is 1.40. The Hall–Kier alpha value is -3.50. The summed E-state index contributed by atoms with van der Waals surface area (Å²) >= 11 is 0. The second kappa shape index (κ2) is 14.5. The van der Waals surface area contributed by atoms with Gasteiger partial charge in [0.05, 0.1) is 37.6 Å². The van der Waals surface area contributed by atoms with Crippen molar-refractivity contribution < 1.29 is 48.0 Å². The fourth-order valence-corrected chi connectivity index (χ4v) is 2.13. The third-order valence-electron chi connectivity index (χ3n) is 3.54. The number of carbonyl (C=O) groups excluding carboxylic acids is 3. The number of rotatable bonds is 15. The molecule has 0 saturated heterocycles. The van der Waals surface area contributed by atoms with Crippen molar-refractivity contribution >= 4 is 23.9 Å². The van der Waals surface area contributed by atoms with Gasteiger partial charge in [-0.1, -0.05) is 25.3 Å². The Morgan fingerprint density at radius 2 is 1.32 bits per heavy atom. The number of ether oxygens (including phenoxy) is 5. The molecule has 10 heteroatoms. The summed E-state index contributed by atoms with van der Waals surface area (Å²) in [6, 6.07) is 5.60. The Morgan fingerprint density at radius 1 is 0.839 bits per heavy atom. The van der Waals surface area contributed by atoms with Crippen molar-refractivity contribution in [1.29, 1.82) is 0 Å². The topological polar surface area (TPSA) is 135 Å². The van der Waals surface area contributed by atoms with E-state index in [0.717, 1.165) is 12.2 Å². The SMILES string of the molecule is C=CC(=O)OCCOCC(COCCOC(=O)C=C)OC(=O)c1ccccc1C(=O)O. The molecule has 0 heterocycles. The Morgan fingerprint density at radius 3 is 1.77 bits per heavy atom. The number of hydrogen-bond acceptors (Lipinski definition) is 9. The van der Waals surface area contributed by atoms with Gasteiger partial charge in [-0.15, -0.1) is 0 Å². The molecule has 0 unspecified atom stereocenters. The van der Waals surface area contributed by atoms with Crippen LogP contribution in [-0.4, -0.2) is 74.7 Å². The normalized spacial score (nSPS) is 10.2. The molecule has 0 amide bonds. The molecule has 0 bridgehead atoms. The van der Waals surface area contributed by atoms with Crippen molar-refractivity contribution in [3.63, 3.8) is 0 Å². The van der Waals surface area contributed by atoms with Crippen LogP contribution in [0.1, 0.15) is 20.7 Å². The van der Waals surface area contributed by atoms with E-state index >= 15 is 0 Å². The van der Waals surface area contributed by atoms with E-state index < -0.39 is 30.0 Å². The van der Waals surface area contributed by atoms with Crippen LogP contribution in [0.5, 0.6) is 0 Å². The smallest absolute Gasteiger partial charge is 0.339 e. The van der Waals surface area contributed by atoms with E-state index in [-0.39, 0.29) is 50.8 Å². The van der Waals surface area contributed by atoms with Gasteiger partial charge in [-0.25, -0.2) is 19.2 Å². The van der Waals surface area contributed by atoms with Gasteiger partial charge in [0.15, 0.2) is 0 Å². The molecule has 0 aromatic heterocycles. The molecule has 1 rings (SSSR count). The van der Waals surface area contributed by atoms with Crippen molar-refractivity contribution in [2.45, 2.75) is 6.10 Å². The van der Waals surface area contributed by atoms with Gasteiger partial charge in [-0.3, -0.25) is 0 Å². The Labute approximate surface area is 179 Å². The van der Waals surface area contributed by atoms with E-state index in [9.17, 15) is 24.3 Å². The summed E-state index contributed by atoms with van der Waals surface area (Å²) in [5, 5.41) is 9.23. The van der Waals surface area contributed by atoms with E-state index in [2.05, 4.69) is 13.2 Å². The van der Waals surface area contributed by atoms with Crippen molar-refractivity contribution in [1.82, 2.24) is 0 Å². The lowest BCUT2D eigenvalue weighted by molar-refractivity contribution is -0.139. The molecule has 0 saturated carbocycles. The molecule has 0 spiro atoms. The first-order valence-corrected chi connectivity index (χ1v) is 9.16. The van der Waals surface area contributed by atoms with E-state index in [4.69, 9.17) is 23.7 Å². The summed E-state index contributed by atoms with van der Waals surface area (Å²) in [4.78, 5) is 45.8. The van der Waals surface area contributed by atoms with Gasteiger partial charge in [0.2, 0.25) is 0 Å². The molecule has 0 radical (unpaired) electrons. The summed E-state index contributed by atoms with van der Waals surface area (Å²) in [7, 11) is 0.